The van der Waals surface area contributed by atoms with Crippen molar-refractivity contribution < 1.29 is 0 Å². The predicted molar refractivity (Wildman–Crippen MR) is 92.3 cm³/mol. The number of hydrogen-bond donors (Lipinski definition) is 1. The van der Waals surface area contributed by atoms with Gasteiger partial charge in [-0.1, -0.05) is 32.4 Å². The molecule has 2 rings (SSSR count). The maximum absolute atomic E-state index is 5.99. The minimum atomic E-state index is 0.493. The molecule has 0 aromatic carbocycles. The highest BCUT2D eigenvalue weighted by Gasteiger charge is 2.14. The molecule has 0 saturated heterocycles. The molecule has 0 radical (unpaired) electrons. The maximum atomic E-state index is 5.99. The van der Waals surface area contributed by atoms with Crippen molar-refractivity contribution in [3.8, 4) is 0 Å². The van der Waals surface area contributed by atoms with Gasteiger partial charge in [0.1, 0.15) is 12.1 Å². The van der Waals surface area contributed by atoms with Gasteiger partial charge in [0.15, 0.2) is 5.65 Å². The third-order valence-corrected chi connectivity index (χ3v) is 4.21. The summed E-state index contributed by atoms with van der Waals surface area (Å²) in [5.41, 5.74) is 10.1. The monoisotopic (exact) mass is 299 g/mol. The van der Waals surface area contributed by atoms with Crippen LogP contribution in [0.1, 0.15) is 46.7 Å². The number of nitrogen functional groups attached to an aromatic ring is 1. The van der Waals surface area contributed by atoms with Crippen LogP contribution in [0.5, 0.6) is 0 Å². The Morgan fingerprint density at radius 3 is 2.64 bits per heavy atom. The predicted octanol–water partition coefficient (Wildman–Crippen LogP) is 3.82. The van der Waals surface area contributed by atoms with Crippen LogP contribution in [0.2, 0.25) is 0 Å². The fourth-order valence-electron chi connectivity index (χ4n) is 2.35. The fraction of sp³-hybridized carbons (Fsp3) is 0.471. The molecule has 0 saturated carbocycles. The molecule has 118 valence electrons. The van der Waals surface area contributed by atoms with Crippen molar-refractivity contribution in [2.24, 2.45) is 5.92 Å². The van der Waals surface area contributed by atoms with Crippen LogP contribution >= 0.6 is 0 Å². The third kappa shape index (κ3) is 3.03. The highest BCUT2D eigenvalue weighted by molar-refractivity contribution is 5.89. The molecule has 1 unspecified atom stereocenters. The van der Waals surface area contributed by atoms with Crippen molar-refractivity contribution in [3.63, 3.8) is 0 Å². The summed E-state index contributed by atoms with van der Waals surface area (Å²) in [5, 5.41) is 5.51. The molecule has 0 aliphatic carbocycles. The van der Waals surface area contributed by atoms with Crippen molar-refractivity contribution in [3.05, 3.63) is 29.7 Å². The second kappa shape index (κ2) is 6.73. The van der Waals surface area contributed by atoms with E-state index in [2.05, 4.69) is 54.9 Å². The Hall–Kier alpha value is -2.17. The zero-order valence-corrected chi connectivity index (χ0v) is 14.1. The van der Waals surface area contributed by atoms with E-state index >= 15 is 0 Å². The van der Waals surface area contributed by atoms with E-state index in [9.17, 15) is 0 Å². The molecule has 0 bridgehead atoms. The highest BCUT2D eigenvalue weighted by atomic mass is 15.3. The molecule has 22 heavy (non-hydrogen) atoms. The standard InChI is InChI=1S/C17H25N5/c1-6-11(3)12(4)8-9-13(5)22-17-15(14(7-2)21-22)16(18)19-10-20-17/h8-11H,6-7H2,1-5H3,(H2,18,19,20). The molecule has 2 N–H and O–H groups in total. The number of anilines is 1. The Bertz CT molecular complexity index is 724. The number of aryl methyl sites for hydroxylation is 1. The van der Waals surface area contributed by atoms with E-state index in [4.69, 9.17) is 5.73 Å². The summed E-state index contributed by atoms with van der Waals surface area (Å²) in [6.07, 6.45) is 7.68. The van der Waals surface area contributed by atoms with Crippen molar-refractivity contribution in [1.29, 1.82) is 0 Å². The first-order chi connectivity index (χ1) is 10.5. The number of nitrogens with two attached hydrogens (primary N) is 1. The second-order valence-electron chi connectivity index (χ2n) is 5.70. The summed E-state index contributed by atoms with van der Waals surface area (Å²) in [5.74, 6) is 1.08. The van der Waals surface area contributed by atoms with Gasteiger partial charge < -0.3 is 5.73 Å². The smallest absolute Gasteiger partial charge is 0.168 e. The summed E-state index contributed by atoms with van der Waals surface area (Å²) in [6, 6.07) is 0. The van der Waals surface area contributed by atoms with E-state index < -0.39 is 0 Å². The van der Waals surface area contributed by atoms with Gasteiger partial charge in [-0.3, -0.25) is 0 Å². The first-order valence-corrected chi connectivity index (χ1v) is 7.83. The molecule has 5 nitrogen and oxygen atoms in total. The molecule has 2 aromatic heterocycles. The summed E-state index contributed by atoms with van der Waals surface area (Å²) >= 11 is 0. The number of hydrogen-bond acceptors (Lipinski definition) is 4. The number of fused-ring (bicyclic) bond motifs is 1. The van der Waals surface area contributed by atoms with Gasteiger partial charge in [0.05, 0.1) is 11.1 Å². The fourth-order valence-corrected chi connectivity index (χ4v) is 2.35. The van der Waals surface area contributed by atoms with Crippen molar-refractivity contribution in [2.75, 3.05) is 5.73 Å². The number of nitrogens with zero attached hydrogens (tertiary/aromatic N) is 4. The van der Waals surface area contributed by atoms with Crippen molar-refractivity contribution >= 4 is 22.5 Å². The van der Waals surface area contributed by atoms with Crippen LogP contribution in [0.4, 0.5) is 5.82 Å². The molecular formula is C17H25N5. The van der Waals surface area contributed by atoms with Crippen LogP contribution in [-0.4, -0.2) is 19.7 Å². The summed E-state index contributed by atoms with van der Waals surface area (Å²) < 4.78 is 1.85. The average molecular weight is 299 g/mol. The molecule has 2 heterocycles. The van der Waals surface area contributed by atoms with Crippen LogP contribution in [0, 0.1) is 5.92 Å². The molecule has 0 aliphatic heterocycles. The van der Waals surface area contributed by atoms with Crippen LogP contribution < -0.4 is 5.73 Å². The molecule has 2 aromatic rings. The minimum absolute atomic E-state index is 0.493. The first kappa shape index (κ1) is 16.2. The van der Waals surface area contributed by atoms with Gasteiger partial charge >= 0.3 is 0 Å². The van der Waals surface area contributed by atoms with Crippen LogP contribution in [0.15, 0.2) is 24.1 Å². The van der Waals surface area contributed by atoms with E-state index in [1.165, 1.54) is 11.9 Å². The van der Waals surface area contributed by atoms with Gasteiger partial charge in [-0.15, -0.1) is 0 Å². The van der Waals surface area contributed by atoms with Crippen LogP contribution in [0.3, 0.4) is 0 Å². The normalized spacial score (nSPS) is 14.6. The molecule has 5 heteroatoms. The van der Waals surface area contributed by atoms with E-state index in [1.807, 2.05) is 11.6 Å². The van der Waals surface area contributed by atoms with Gasteiger partial charge in [-0.05, 0) is 38.7 Å². The molecule has 1 atom stereocenters. The maximum Gasteiger partial charge on any atom is 0.168 e. The minimum Gasteiger partial charge on any atom is -0.383 e. The summed E-state index contributed by atoms with van der Waals surface area (Å²) in [4.78, 5) is 8.44. The van der Waals surface area contributed by atoms with E-state index in [0.29, 0.717) is 11.7 Å². The lowest BCUT2D eigenvalue weighted by molar-refractivity contribution is 0.655. The topological polar surface area (TPSA) is 69.6 Å². The number of rotatable bonds is 5. The number of allylic oxidation sites excluding steroid dienone is 4. The van der Waals surface area contributed by atoms with Crippen molar-refractivity contribution in [2.45, 2.75) is 47.5 Å². The van der Waals surface area contributed by atoms with Gasteiger partial charge in [-0.25, -0.2) is 14.6 Å². The van der Waals surface area contributed by atoms with Gasteiger partial charge in [0.2, 0.25) is 0 Å². The Morgan fingerprint density at radius 2 is 2.00 bits per heavy atom. The second-order valence-corrected chi connectivity index (χ2v) is 5.70. The van der Waals surface area contributed by atoms with E-state index in [-0.39, 0.29) is 0 Å². The SMILES string of the molecule is CCc1nn(C(C)=CC=C(C)C(C)CC)c2ncnc(N)c12. The van der Waals surface area contributed by atoms with Crippen LogP contribution in [0.25, 0.3) is 16.7 Å². The van der Waals surface area contributed by atoms with Crippen LogP contribution in [-0.2, 0) is 6.42 Å². The zero-order valence-electron chi connectivity index (χ0n) is 14.1. The Morgan fingerprint density at radius 1 is 1.27 bits per heavy atom. The lowest BCUT2D eigenvalue weighted by Crippen LogP contribution is -1.99. The highest BCUT2D eigenvalue weighted by Crippen LogP contribution is 2.24. The quantitative estimate of drug-likeness (QED) is 0.852. The average Bonchev–Trinajstić information content (AvgIpc) is 2.91. The summed E-state index contributed by atoms with van der Waals surface area (Å²) in [7, 11) is 0. The summed E-state index contributed by atoms with van der Waals surface area (Å²) in [6.45, 7) is 10.7. The third-order valence-electron chi connectivity index (χ3n) is 4.21. The lowest BCUT2D eigenvalue weighted by Gasteiger charge is -2.08. The molecule has 0 fully saturated rings. The molecule has 0 amide bonds. The Labute approximate surface area is 131 Å². The number of aromatic nitrogens is 4. The van der Waals surface area contributed by atoms with E-state index in [1.54, 1.807) is 0 Å². The molecular weight excluding hydrogens is 274 g/mol. The van der Waals surface area contributed by atoms with E-state index in [0.717, 1.165) is 35.3 Å². The lowest BCUT2D eigenvalue weighted by atomic mass is 10.00. The van der Waals surface area contributed by atoms with Crippen molar-refractivity contribution in [1.82, 2.24) is 19.7 Å². The Balaban J connectivity index is 2.49. The largest absolute Gasteiger partial charge is 0.383 e. The first-order valence-electron chi connectivity index (χ1n) is 7.83. The molecule has 0 aliphatic rings. The van der Waals surface area contributed by atoms with Gasteiger partial charge in [0, 0.05) is 5.70 Å². The van der Waals surface area contributed by atoms with Gasteiger partial charge in [0.25, 0.3) is 0 Å². The van der Waals surface area contributed by atoms with Gasteiger partial charge in [-0.2, -0.15) is 5.10 Å². The Kier molecular flexibility index (Phi) is 4.96. The zero-order chi connectivity index (χ0) is 16.3. The molecule has 0 spiro atoms.